The Kier molecular flexibility index (Phi) is 4.25. The summed E-state index contributed by atoms with van der Waals surface area (Å²) in [5.41, 5.74) is -0.487. The van der Waals surface area contributed by atoms with Crippen molar-refractivity contribution in [3.63, 3.8) is 0 Å². The number of aromatic nitrogens is 2. The van der Waals surface area contributed by atoms with Crippen molar-refractivity contribution < 1.29 is 4.79 Å². The quantitative estimate of drug-likeness (QED) is 0.702. The first-order valence-electron chi connectivity index (χ1n) is 5.46. The summed E-state index contributed by atoms with van der Waals surface area (Å²) in [6.45, 7) is 4.25. The minimum absolute atomic E-state index is 0.00658. The van der Waals surface area contributed by atoms with Crippen molar-refractivity contribution in [2.75, 3.05) is 31.3 Å². The summed E-state index contributed by atoms with van der Waals surface area (Å²) < 4.78 is 0. The minimum Gasteiger partial charge on any atom is -0.369 e. The van der Waals surface area contributed by atoms with Crippen LogP contribution < -0.4 is 16.0 Å². The van der Waals surface area contributed by atoms with Crippen LogP contribution >= 0.6 is 0 Å². The van der Waals surface area contributed by atoms with E-state index in [9.17, 15) is 4.79 Å². The van der Waals surface area contributed by atoms with Crippen LogP contribution in [0.25, 0.3) is 0 Å². The van der Waals surface area contributed by atoms with Crippen LogP contribution in [0.3, 0.4) is 0 Å². The molecular formula is C11H19N5O. The van der Waals surface area contributed by atoms with Gasteiger partial charge in [0.2, 0.25) is 11.9 Å². The van der Waals surface area contributed by atoms with E-state index in [1.165, 1.54) is 0 Å². The molecule has 0 spiro atoms. The van der Waals surface area contributed by atoms with Gasteiger partial charge < -0.3 is 16.0 Å². The van der Waals surface area contributed by atoms with E-state index in [0.717, 1.165) is 0 Å². The number of anilines is 2. The second-order valence-electron chi connectivity index (χ2n) is 4.33. The molecule has 0 fully saturated rings. The number of carbonyl (C=O) groups is 1. The maximum absolute atomic E-state index is 11.6. The Morgan fingerprint density at radius 3 is 2.71 bits per heavy atom. The van der Waals surface area contributed by atoms with Crippen LogP contribution in [-0.2, 0) is 4.79 Å². The summed E-state index contributed by atoms with van der Waals surface area (Å²) in [6.07, 6.45) is 1.66. The second kappa shape index (κ2) is 5.47. The zero-order chi connectivity index (χ0) is 12.9. The average Bonchev–Trinajstić information content (AvgIpc) is 2.35. The molecule has 0 unspecified atom stereocenters. The van der Waals surface area contributed by atoms with Crippen molar-refractivity contribution in [3.05, 3.63) is 12.3 Å². The fraction of sp³-hybridized carbons (Fsp3) is 0.545. The van der Waals surface area contributed by atoms with Gasteiger partial charge in [0.1, 0.15) is 5.82 Å². The van der Waals surface area contributed by atoms with Crippen LogP contribution in [0.15, 0.2) is 12.3 Å². The number of hydrogen-bond donors (Lipinski definition) is 3. The summed E-state index contributed by atoms with van der Waals surface area (Å²) in [5, 5.41) is 8.62. The van der Waals surface area contributed by atoms with Crippen LogP contribution in [0, 0.1) is 5.41 Å². The molecule has 0 aliphatic rings. The Bertz CT molecular complexity index is 391. The number of nitrogens with one attached hydrogen (secondary N) is 3. The normalized spacial score (nSPS) is 10.8. The zero-order valence-corrected chi connectivity index (χ0v) is 10.7. The van der Waals surface area contributed by atoms with E-state index in [1.54, 1.807) is 26.4 Å². The lowest BCUT2D eigenvalue weighted by molar-refractivity contribution is -0.128. The van der Waals surface area contributed by atoms with E-state index in [2.05, 4.69) is 25.9 Å². The van der Waals surface area contributed by atoms with Crippen molar-refractivity contribution in [2.24, 2.45) is 5.41 Å². The molecule has 0 atom stereocenters. The van der Waals surface area contributed by atoms with E-state index >= 15 is 0 Å². The van der Waals surface area contributed by atoms with Crippen LogP contribution in [0.1, 0.15) is 13.8 Å². The van der Waals surface area contributed by atoms with Gasteiger partial charge >= 0.3 is 0 Å². The number of carbonyl (C=O) groups excluding carboxylic acids is 1. The first kappa shape index (κ1) is 13.2. The molecule has 0 aliphatic carbocycles. The highest BCUT2D eigenvalue weighted by molar-refractivity contribution is 5.82. The molecule has 1 heterocycles. The highest BCUT2D eigenvalue weighted by Gasteiger charge is 2.26. The molecule has 0 radical (unpaired) electrons. The smallest absolute Gasteiger partial charge is 0.227 e. The van der Waals surface area contributed by atoms with Crippen LogP contribution in [-0.4, -0.2) is 36.5 Å². The highest BCUT2D eigenvalue weighted by Crippen LogP contribution is 2.16. The van der Waals surface area contributed by atoms with Gasteiger partial charge in [-0.05, 0) is 19.9 Å². The van der Waals surface area contributed by atoms with Gasteiger partial charge in [-0.2, -0.15) is 4.98 Å². The number of nitrogens with zero attached hydrogens (tertiary/aromatic N) is 2. The Labute approximate surface area is 101 Å². The summed E-state index contributed by atoms with van der Waals surface area (Å²) in [7, 11) is 3.39. The highest BCUT2D eigenvalue weighted by atomic mass is 16.2. The maximum atomic E-state index is 11.6. The van der Waals surface area contributed by atoms with Gasteiger partial charge in [-0.25, -0.2) is 4.98 Å². The zero-order valence-electron chi connectivity index (χ0n) is 10.7. The van der Waals surface area contributed by atoms with E-state index in [0.29, 0.717) is 18.3 Å². The molecule has 6 nitrogen and oxygen atoms in total. The molecule has 1 aromatic heterocycles. The topological polar surface area (TPSA) is 78.9 Å². The molecule has 94 valence electrons. The number of rotatable bonds is 5. The summed E-state index contributed by atoms with van der Waals surface area (Å²) >= 11 is 0. The lowest BCUT2D eigenvalue weighted by Crippen LogP contribution is -2.39. The van der Waals surface area contributed by atoms with Crippen LogP contribution in [0.4, 0.5) is 11.8 Å². The molecule has 6 heteroatoms. The molecule has 0 aromatic carbocycles. The summed E-state index contributed by atoms with van der Waals surface area (Å²) in [5.74, 6) is 1.24. The van der Waals surface area contributed by atoms with Crippen molar-refractivity contribution in [1.29, 1.82) is 0 Å². The predicted molar refractivity (Wildman–Crippen MR) is 67.9 cm³/mol. The van der Waals surface area contributed by atoms with Gasteiger partial charge in [-0.3, -0.25) is 4.79 Å². The lowest BCUT2D eigenvalue weighted by atomic mass is 9.92. The van der Waals surface area contributed by atoms with Gasteiger partial charge in [0.15, 0.2) is 0 Å². The van der Waals surface area contributed by atoms with Crippen molar-refractivity contribution in [2.45, 2.75) is 13.8 Å². The third-order valence-corrected chi connectivity index (χ3v) is 2.43. The van der Waals surface area contributed by atoms with Gasteiger partial charge in [0.25, 0.3) is 0 Å². The Morgan fingerprint density at radius 2 is 2.12 bits per heavy atom. The van der Waals surface area contributed by atoms with Gasteiger partial charge in [0.05, 0.1) is 5.41 Å². The standard InChI is InChI=1S/C11H19N5O/c1-11(2,9(17)12-3)7-15-8-5-6-14-10(13-4)16-8/h5-6H,7H2,1-4H3,(H,12,17)(H2,13,14,15,16). The van der Waals surface area contributed by atoms with Crippen molar-refractivity contribution in [1.82, 2.24) is 15.3 Å². The third-order valence-electron chi connectivity index (χ3n) is 2.43. The lowest BCUT2D eigenvalue weighted by Gasteiger charge is -2.23. The number of amides is 1. The van der Waals surface area contributed by atoms with E-state index in [-0.39, 0.29) is 5.91 Å². The Balaban J connectivity index is 2.63. The van der Waals surface area contributed by atoms with Crippen LogP contribution in [0.5, 0.6) is 0 Å². The van der Waals surface area contributed by atoms with Gasteiger partial charge in [-0.15, -0.1) is 0 Å². The van der Waals surface area contributed by atoms with Gasteiger partial charge in [-0.1, -0.05) is 0 Å². The fourth-order valence-corrected chi connectivity index (χ4v) is 1.31. The number of hydrogen-bond acceptors (Lipinski definition) is 5. The molecule has 1 amide bonds. The average molecular weight is 237 g/mol. The Morgan fingerprint density at radius 1 is 1.41 bits per heavy atom. The monoisotopic (exact) mass is 237 g/mol. The van der Waals surface area contributed by atoms with Crippen molar-refractivity contribution >= 4 is 17.7 Å². The molecule has 0 aliphatic heterocycles. The third kappa shape index (κ3) is 3.58. The molecule has 0 saturated carbocycles. The molecule has 17 heavy (non-hydrogen) atoms. The second-order valence-corrected chi connectivity index (χ2v) is 4.33. The minimum atomic E-state index is -0.487. The molecule has 1 rings (SSSR count). The molecule has 1 aromatic rings. The largest absolute Gasteiger partial charge is 0.369 e. The van der Waals surface area contributed by atoms with E-state index < -0.39 is 5.41 Å². The SMILES string of the molecule is CNC(=O)C(C)(C)CNc1ccnc(NC)n1. The first-order valence-corrected chi connectivity index (χ1v) is 5.46. The van der Waals surface area contributed by atoms with Crippen LogP contribution in [0.2, 0.25) is 0 Å². The summed E-state index contributed by atoms with van der Waals surface area (Å²) in [6, 6.07) is 1.76. The van der Waals surface area contributed by atoms with E-state index in [1.807, 2.05) is 13.8 Å². The molecular weight excluding hydrogens is 218 g/mol. The van der Waals surface area contributed by atoms with Crippen molar-refractivity contribution in [3.8, 4) is 0 Å². The molecule has 3 N–H and O–H groups in total. The molecule has 0 bridgehead atoms. The maximum Gasteiger partial charge on any atom is 0.227 e. The van der Waals surface area contributed by atoms with Gasteiger partial charge in [0, 0.05) is 26.8 Å². The fourth-order valence-electron chi connectivity index (χ4n) is 1.31. The summed E-state index contributed by atoms with van der Waals surface area (Å²) in [4.78, 5) is 19.8. The molecule has 0 saturated heterocycles. The Hall–Kier alpha value is -1.85. The van der Waals surface area contributed by atoms with E-state index in [4.69, 9.17) is 0 Å². The predicted octanol–water partition coefficient (Wildman–Crippen LogP) is 0.702. The first-order chi connectivity index (χ1) is 7.99.